The molecular formula is C10H18N2O2. The van der Waals surface area contributed by atoms with Crippen LogP contribution in [0.3, 0.4) is 0 Å². The van der Waals surface area contributed by atoms with Gasteiger partial charge in [-0.25, -0.2) is 0 Å². The molecule has 0 bridgehead atoms. The number of carbonyl (C=O) groups is 1. The van der Waals surface area contributed by atoms with Gasteiger partial charge in [0.05, 0.1) is 6.10 Å². The van der Waals surface area contributed by atoms with E-state index in [0.29, 0.717) is 11.8 Å². The number of rotatable bonds is 1. The Labute approximate surface area is 84.2 Å². The van der Waals surface area contributed by atoms with Gasteiger partial charge >= 0.3 is 0 Å². The van der Waals surface area contributed by atoms with E-state index >= 15 is 0 Å². The number of ether oxygens (including phenoxy) is 1. The Morgan fingerprint density at radius 3 is 3.07 bits per heavy atom. The molecule has 2 aliphatic heterocycles. The topological polar surface area (TPSA) is 64.3 Å². The van der Waals surface area contributed by atoms with Gasteiger partial charge in [-0.15, -0.1) is 0 Å². The average molecular weight is 198 g/mol. The van der Waals surface area contributed by atoms with Crippen LogP contribution in [0, 0.1) is 11.8 Å². The summed E-state index contributed by atoms with van der Waals surface area (Å²) in [6.45, 7) is 3.86. The van der Waals surface area contributed by atoms with Crippen molar-refractivity contribution in [2.24, 2.45) is 17.6 Å². The summed E-state index contributed by atoms with van der Waals surface area (Å²) in [4.78, 5) is 11.1. The van der Waals surface area contributed by atoms with Crippen LogP contribution in [0.1, 0.15) is 19.8 Å². The molecule has 0 aliphatic carbocycles. The fraction of sp³-hybridized carbons (Fsp3) is 0.900. The number of fused-ring (bicyclic) bond motifs is 1. The van der Waals surface area contributed by atoms with Crippen molar-refractivity contribution in [2.45, 2.75) is 31.9 Å². The minimum Gasteiger partial charge on any atom is -0.376 e. The lowest BCUT2D eigenvalue weighted by molar-refractivity contribution is -0.123. The quantitative estimate of drug-likeness (QED) is 0.617. The first-order valence-electron chi connectivity index (χ1n) is 5.33. The summed E-state index contributed by atoms with van der Waals surface area (Å²) in [6, 6.07) is -0.273. The Kier molecular flexibility index (Phi) is 2.74. The fourth-order valence-electron chi connectivity index (χ4n) is 2.54. The molecule has 4 nitrogen and oxygen atoms in total. The molecule has 0 aromatic heterocycles. The predicted octanol–water partition coefficient (Wildman–Crippen LogP) is -0.125. The molecule has 4 unspecified atom stereocenters. The number of hydrogen-bond acceptors (Lipinski definition) is 3. The minimum atomic E-state index is -0.285. The molecule has 14 heavy (non-hydrogen) atoms. The number of carbonyl (C=O) groups excluding carboxylic acids is 1. The number of hydrogen-bond donors (Lipinski definition) is 2. The third-order valence-electron chi connectivity index (χ3n) is 3.33. The zero-order valence-corrected chi connectivity index (χ0v) is 8.53. The zero-order chi connectivity index (χ0) is 10.1. The first-order chi connectivity index (χ1) is 6.68. The summed E-state index contributed by atoms with van der Waals surface area (Å²) >= 11 is 0. The monoisotopic (exact) mass is 198 g/mol. The van der Waals surface area contributed by atoms with Crippen LogP contribution in [0.5, 0.6) is 0 Å². The van der Waals surface area contributed by atoms with Crippen LogP contribution in [0.15, 0.2) is 0 Å². The largest absolute Gasteiger partial charge is 0.376 e. The molecule has 2 saturated heterocycles. The third kappa shape index (κ3) is 1.77. The molecule has 2 fully saturated rings. The van der Waals surface area contributed by atoms with Crippen LogP contribution < -0.4 is 11.1 Å². The first-order valence-corrected chi connectivity index (χ1v) is 5.33. The minimum absolute atomic E-state index is 0.0115. The van der Waals surface area contributed by atoms with E-state index < -0.39 is 0 Å². The Bertz CT molecular complexity index is 232. The Morgan fingerprint density at radius 2 is 2.36 bits per heavy atom. The molecule has 0 saturated carbocycles. The maximum atomic E-state index is 11.1. The van der Waals surface area contributed by atoms with E-state index in [-0.39, 0.29) is 18.1 Å². The van der Waals surface area contributed by atoms with Crippen molar-refractivity contribution in [3.05, 3.63) is 0 Å². The number of nitrogens with one attached hydrogen (secondary N) is 1. The molecule has 1 amide bonds. The molecule has 4 atom stereocenters. The van der Waals surface area contributed by atoms with E-state index in [9.17, 15) is 4.79 Å². The van der Waals surface area contributed by atoms with Gasteiger partial charge in [-0.2, -0.15) is 0 Å². The van der Waals surface area contributed by atoms with Crippen molar-refractivity contribution in [1.82, 2.24) is 5.32 Å². The number of amides is 1. The summed E-state index contributed by atoms with van der Waals surface area (Å²) in [5, 5.41) is 3.15. The maximum Gasteiger partial charge on any atom is 0.237 e. The maximum absolute atomic E-state index is 11.1. The lowest BCUT2D eigenvalue weighted by Crippen LogP contribution is -2.44. The highest BCUT2D eigenvalue weighted by atomic mass is 16.5. The molecule has 2 aliphatic rings. The summed E-state index contributed by atoms with van der Waals surface area (Å²) in [6.07, 6.45) is 2.25. The van der Waals surface area contributed by atoms with Gasteiger partial charge in [0.25, 0.3) is 0 Å². The van der Waals surface area contributed by atoms with E-state index in [4.69, 9.17) is 10.5 Å². The van der Waals surface area contributed by atoms with Gasteiger partial charge < -0.3 is 15.8 Å². The van der Waals surface area contributed by atoms with Crippen molar-refractivity contribution >= 4 is 5.91 Å². The van der Waals surface area contributed by atoms with E-state index in [1.807, 2.05) is 0 Å². The van der Waals surface area contributed by atoms with Gasteiger partial charge in [0.2, 0.25) is 5.91 Å². The van der Waals surface area contributed by atoms with Gasteiger partial charge in [0.15, 0.2) is 0 Å². The van der Waals surface area contributed by atoms with Crippen LogP contribution in [0.4, 0.5) is 0 Å². The van der Waals surface area contributed by atoms with E-state index in [2.05, 4.69) is 12.2 Å². The third-order valence-corrected chi connectivity index (χ3v) is 3.33. The van der Waals surface area contributed by atoms with Crippen LogP contribution >= 0.6 is 0 Å². The zero-order valence-electron chi connectivity index (χ0n) is 8.53. The first kappa shape index (κ1) is 9.93. The Hall–Kier alpha value is -0.610. The van der Waals surface area contributed by atoms with Gasteiger partial charge in [-0.1, -0.05) is 6.92 Å². The standard InChI is InChI=1S/C10H18N2O2/c1-6-2-3-14-9-7(4-6)5-12-8(9)10(11)13/h6-9,12H,2-5H2,1H3,(H2,11,13). The van der Waals surface area contributed by atoms with Crippen molar-refractivity contribution in [3.63, 3.8) is 0 Å². The van der Waals surface area contributed by atoms with Crippen LogP contribution in [-0.4, -0.2) is 31.2 Å². The second kappa shape index (κ2) is 3.87. The van der Waals surface area contributed by atoms with Gasteiger partial charge in [0, 0.05) is 13.2 Å². The van der Waals surface area contributed by atoms with Crippen molar-refractivity contribution in [2.75, 3.05) is 13.2 Å². The summed E-state index contributed by atoms with van der Waals surface area (Å²) in [7, 11) is 0. The van der Waals surface area contributed by atoms with E-state index in [0.717, 1.165) is 26.0 Å². The molecule has 0 radical (unpaired) electrons. The van der Waals surface area contributed by atoms with Crippen molar-refractivity contribution in [1.29, 1.82) is 0 Å². The SMILES string of the molecule is CC1CCOC2C(CNC2C(N)=O)C1. The second-order valence-corrected chi connectivity index (χ2v) is 4.51. The summed E-state index contributed by atoms with van der Waals surface area (Å²) < 4.78 is 5.71. The molecule has 2 heterocycles. The molecule has 0 aromatic rings. The normalized spacial score (nSPS) is 42.9. The Balaban J connectivity index is 2.06. The lowest BCUT2D eigenvalue weighted by atomic mass is 9.91. The van der Waals surface area contributed by atoms with E-state index in [1.54, 1.807) is 0 Å². The van der Waals surface area contributed by atoms with Crippen molar-refractivity contribution in [3.8, 4) is 0 Å². The molecule has 4 heteroatoms. The second-order valence-electron chi connectivity index (χ2n) is 4.51. The molecule has 3 N–H and O–H groups in total. The highest BCUT2D eigenvalue weighted by Gasteiger charge is 2.41. The highest BCUT2D eigenvalue weighted by Crippen LogP contribution is 2.29. The average Bonchev–Trinajstić information content (AvgIpc) is 2.41. The van der Waals surface area contributed by atoms with Crippen molar-refractivity contribution < 1.29 is 9.53 Å². The molecule has 2 rings (SSSR count). The molecule has 0 spiro atoms. The van der Waals surface area contributed by atoms with Crippen LogP contribution in [-0.2, 0) is 9.53 Å². The molecule has 80 valence electrons. The number of primary amides is 1. The number of nitrogens with two attached hydrogens (primary N) is 1. The van der Waals surface area contributed by atoms with E-state index in [1.165, 1.54) is 0 Å². The summed E-state index contributed by atoms with van der Waals surface area (Å²) in [5.41, 5.74) is 5.31. The van der Waals surface area contributed by atoms with Gasteiger partial charge in [-0.3, -0.25) is 4.79 Å². The molecular weight excluding hydrogens is 180 g/mol. The predicted molar refractivity (Wildman–Crippen MR) is 52.6 cm³/mol. The smallest absolute Gasteiger partial charge is 0.237 e. The van der Waals surface area contributed by atoms with Gasteiger partial charge in [-0.05, 0) is 24.7 Å². The highest BCUT2D eigenvalue weighted by molar-refractivity contribution is 5.81. The van der Waals surface area contributed by atoms with Crippen LogP contribution in [0.2, 0.25) is 0 Å². The Morgan fingerprint density at radius 1 is 1.57 bits per heavy atom. The lowest BCUT2D eigenvalue weighted by Gasteiger charge is -2.19. The van der Waals surface area contributed by atoms with Crippen LogP contribution in [0.25, 0.3) is 0 Å². The fourth-order valence-corrected chi connectivity index (χ4v) is 2.54. The molecule has 0 aromatic carbocycles. The summed E-state index contributed by atoms with van der Waals surface area (Å²) in [5.74, 6) is 0.871. The van der Waals surface area contributed by atoms with Gasteiger partial charge in [0.1, 0.15) is 6.04 Å².